The lowest BCUT2D eigenvalue weighted by molar-refractivity contribution is 0.508. The van der Waals surface area contributed by atoms with Crippen molar-refractivity contribution in [1.82, 2.24) is 15.0 Å². The molecule has 0 aliphatic heterocycles. The van der Waals surface area contributed by atoms with Gasteiger partial charge in [-0.15, -0.1) is 0 Å². The van der Waals surface area contributed by atoms with Gasteiger partial charge in [-0.2, -0.15) is 4.98 Å². The van der Waals surface area contributed by atoms with Gasteiger partial charge in [0.2, 0.25) is 0 Å². The molecule has 1 unspecified atom stereocenters. The molecule has 0 aliphatic rings. The zero-order valence-electron chi connectivity index (χ0n) is 14.2. The second-order valence-electron chi connectivity index (χ2n) is 5.92. The number of nitrogens with two attached hydrogens (primary N) is 1. The number of imidazole rings is 1. The van der Waals surface area contributed by atoms with E-state index in [9.17, 15) is 12.8 Å². The van der Waals surface area contributed by atoms with E-state index in [-0.39, 0.29) is 16.1 Å². The number of hydrogen-bond acceptors (Lipinski definition) is 6. The first-order valence-corrected chi connectivity index (χ1v) is 9.79. The van der Waals surface area contributed by atoms with Crippen LogP contribution in [0.5, 0.6) is 0 Å². The monoisotopic (exact) mass is 398 g/mol. The molecule has 2 aromatic heterocycles. The summed E-state index contributed by atoms with van der Waals surface area (Å²) < 4.78 is 43.0. The highest BCUT2D eigenvalue weighted by molar-refractivity contribution is 7.90. The second-order valence-corrected chi connectivity index (χ2v) is 8.28. The van der Waals surface area contributed by atoms with Crippen LogP contribution in [0.3, 0.4) is 0 Å². The van der Waals surface area contributed by atoms with Gasteiger partial charge in [0, 0.05) is 6.26 Å². The van der Waals surface area contributed by atoms with Crippen LogP contribution in [0.4, 0.5) is 10.4 Å². The smallest absolute Gasteiger partial charge is 0.292 e. The van der Waals surface area contributed by atoms with Crippen LogP contribution in [0.15, 0.2) is 27.6 Å². The third-order valence-electron chi connectivity index (χ3n) is 3.89. The van der Waals surface area contributed by atoms with Gasteiger partial charge in [0.1, 0.15) is 23.3 Å². The number of sulfone groups is 1. The Kier molecular flexibility index (Phi) is 4.53. The lowest BCUT2D eigenvalue weighted by atomic mass is 9.94. The normalized spacial score (nSPS) is 13.1. The Morgan fingerprint density at radius 2 is 1.96 bits per heavy atom. The molecule has 3 aromatic rings. The summed E-state index contributed by atoms with van der Waals surface area (Å²) in [7, 11) is -3.51. The Bertz CT molecular complexity index is 1090. The van der Waals surface area contributed by atoms with Crippen molar-refractivity contribution in [2.24, 2.45) is 0 Å². The van der Waals surface area contributed by atoms with E-state index in [1.807, 2.05) is 0 Å². The maximum Gasteiger partial charge on any atom is 0.292 e. The van der Waals surface area contributed by atoms with E-state index in [1.165, 1.54) is 18.2 Å². The van der Waals surface area contributed by atoms with Gasteiger partial charge in [-0.1, -0.05) is 17.7 Å². The van der Waals surface area contributed by atoms with E-state index in [0.29, 0.717) is 28.5 Å². The number of rotatable bonds is 4. The fraction of sp³-hybridized carbons (Fsp3) is 0.250. The number of halogens is 2. The highest BCUT2D eigenvalue weighted by Crippen LogP contribution is 2.35. The van der Waals surface area contributed by atoms with E-state index in [2.05, 4.69) is 15.0 Å². The van der Waals surface area contributed by atoms with Crippen molar-refractivity contribution in [2.75, 3.05) is 12.0 Å². The van der Waals surface area contributed by atoms with Crippen LogP contribution < -0.4 is 5.73 Å². The fourth-order valence-corrected chi connectivity index (χ4v) is 3.85. The molecule has 10 heteroatoms. The molecule has 0 saturated heterocycles. The minimum Gasteiger partial charge on any atom is -0.427 e. The zero-order chi connectivity index (χ0) is 19.2. The molecule has 3 rings (SSSR count). The van der Waals surface area contributed by atoms with Crippen molar-refractivity contribution < 1.29 is 17.2 Å². The first-order chi connectivity index (χ1) is 12.1. The number of nitrogens with zero attached hydrogens (tertiary/aromatic N) is 2. The summed E-state index contributed by atoms with van der Waals surface area (Å²) in [6.07, 6.45) is 1.08. The fourth-order valence-electron chi connectivity index (χ4n) is 2.79. The topological polar surface area (TPSA) is 115 Å². The number of benzene rings is 1. The van der Waals surface area contributed by atoms with E-state index >= 15 is 0 Å². The van der Waals surface area contributed by atoms with Crippen molar-refractivity contribution in [3.63, 3.8) is 0 Å². The number of aromatic nitrogens is 3. The summed E-state index contributed by atoms with van der Waals surface area (Å²) >= 11 is 5.91. The van der Waals surface area contributed by atoms with Crippen LogP contribution in [-0.4, -0.2) is 29.6 Å². The molecule has 26 heavy (non-hydrogen) atoms. The highest BCUT2D eigenvalue weighted by Gasteiger charge is 2.29. The van der Waals surface area contributed by atoms with Gasteiger partial charge >= 0.3 is 0 Å². The third kappa shape index (κ3) is 3.32. The van der Waals surface area contributed by atoms with Crippen molar-refractivity contribution in [3.8, 4) is 0 Å². The molecule has 0 bridgehead atoms. The number of hydrogen-bond donors (Lipinski definition) is 2. The maximum absolute atomic E-state index is 13.6. The number of aryl methyl sites for hydroxylation is 2. The van der Waals surface area contributed by atoms with Crippen molar-refractivity contribution in [3.05, 3.63) is 57.6 Å². The third-order valence-corrected chi connectivity index (χ3v) is 5.32. The van der Waals surface area contributed by atoms with Gasteiger partial charge in [0.05, 0.1) is 16.4 Å². The standard InChI is InChI=1S/C16H16ClFN4O3S/c1-7-13(25-16(19)21-7)12(9-4-5-11(18)10(17)6-9)14-20-8(2)15(22-14)26(3,23)24/h4-6,12H,1-3H3,(H2,19,21)(H,20,22). The molecule has 0 fully saturated rings. The molecular weight excluding hydrogens is 383 g/mol. The van der Waals surface area contributed by atoms with Gasteiger partial charge < -0.3 is 15.1 Å². The SMILES string of the molecule is Cc1nc(C(c2ccc(F)c(Cl)c2)c2oc(N)nc2C)[nH]c1S(C)(=O)=O. The Labute approximate surface area is 154 Å². The molecule has 0 aliphatic carbocycles. The molecule has 0 radical (unpaired) electrons. The van der Waals surface area contributed by atoms with Crippen LogP contribution in [0.2, 0.25) is 5.02 Å². The molecule has 0 saturated carbocycles. The Morgan fingerprint density at radius 1 is 1.27 bits per heavy atom. The number of oxazole rings is 1. The van der Waals surface area contributed by atoms with Gasteiger partial charge in [-0.25, -0.2) is 17.8 Å². The molecular formula is C16H16ClFN4O3S. The second kappa shape index (κ2) is 6.40. The molecule has 1 aromatic carbocycles. The first kappa shape index (κ1) is 18.4. The lowest BCUT2D eigenvalue weighted by Gasteiger charge is -2.14. The van der Waals surface area contributed by atoms with Gasteiger partial charge in [-0.05, 0) is 31.5 Å². The summed E-state index contributed by atoms with van der Waals surface area (Å²) in [5, 5.41) is -0.0832. The number of nitrogen functional groups attached to an aromatic ring is 1. The van der Waals surface area contributed by atoms with Crippen molar-refractivity contribution >= 4 is 27.5 Å². The van der Waals surface area contributed by atoms with Crippen LogP contribution in [-0.2, 0) is 9.84 Å². The van der Waals surface area contributed by atoms with Gasteiger partial charge in [0.15, 0.2) is 14.9 Å². The average molecular weight is 399 g/mol. The molecule has 0 amide bonds. The Balaban J connectivity index is 2.25. The molecule has 0 spiro atoms. The number of anilines is 1. The minimum atomic E-state index is -3.51. The summed E-state index contributed by atoms with van der Waals surface area (Å²) in [4.78, 5) is 11.2. The molecule has 1 atom stereocenters. The van der Waals surface area contributed by atoms with Crippen LogP contribution in [0.1, 0.15) is 34.5 Å². The molecule has 138 valence electrons. The summed E-state index contributed by atoms with van der Waals surface area (Å²) in [6, 6.07) is 4.12. The summed E-state index contributed by atoms with van der Waals surface area (Å²) in [6.45, 7) is 3.27. The van der Waals surface area contributed by atoms with E-state index in [0.717, 1.165) is 6.26 Å². The first-order valence-electron chi connectivity index (χ1n) is 7.52. The molecule has 2 heterocycles. The number of aromatic amines is 1. The number of H-pyrrole nitrogens is 1. The van der Waals surface area contributed by atoms with Crippen LogP contribution >= 0.6 is 11.6 Å². The van der Waals surface area contributed by atoms with Crippen LogP contribution in [0.25, 0.3) is 0 Å². The lowest BCUT2D eigenvalue weighted by Crippen LogP contribution is -2.07. The maximum atomic E-state index is 13.6. The Hall–Kier alpha value is -2.39. The highest BCUT2D eigenvalue weighted by atomic mass is 35.5. The number of nitrogens with one attached hydrogen (secondary N) is 1. The minimum absolute atomic E-state index is 0.00384. The van der Waals surface area contributed by atoms with Gasteiger partial charge in [-0.3, -0.25) is 0 Å². The van der Waals surface area contributed by atoms with E-state index < -0.39 is 21.6 Å². The predicted octanol–water partition coefficient (Wildman–Crippen LogP) is 2.97. The summed E-state index contributed by atoms with van der Waals surface area (Å²) in [5.74, 6) is -0.605. The summed E-state index contributed by atoms with van der Waals surface area (Å²) in [5.41, 5.74) is 7.00. The predicted molar refractivity (Wildman–Crippen MR) is 94.4 cm³/mol. The molecule has 3 N–H and O–H groups in total. The van der Waals surface area contributed by atoms with Crippen LogP contribution in [0, 0.1) is 19.7 Å². The van der Waals surface area contributed by atoms with E-state index in [1.54, 1.807) is 13.8 Å². The quantitative estimate of drug-likeness (QED) is 0.698. The van der Waals surface area contributed by atoms with Gasteiger partial charge in [0.25, 0.3) is 6.01 Å². The molecule has 7 nitrogen and oxygen atoms in total. The van der Waals surface area contributed by atoms with Crippen molar-refractivity contribution in [1.29, 1.82) is 0 Å². The average Bonchev–Trinajstić information content (AvgIpc) is 3.06. The largest absolute Gasteiger partial charge is 0.427 e. The Morgan fingerprint density at radius 3 is 2.46 bits per heavy atom. The zero-order valence-corrected chi connectivity index (χ0v) is 15.7. The van der Waals surface area contributed by atoms with E-state index in [4.69, 9.17) is 21.8 Å². The van der Waals surface area contributed by atoms with Crippen molar-refractivity contribution in [2.45, 2.75) is 24.8 Å².